The summed E-state index contributed by atoms with van der Waals surface area (Å²) in [6.07, 6.45) is 1.02. The molecule has 0 aliphatic carbocycles. The van der Waals surface area contributed by atoms with Crippen molar-refractivity contribution in [3.05, 3.63) is 35.9 Å². The van der Waals surface area contributed by atoms with Crippen LogP contribution in [-0.2, 0) is 35.3 Å². The first-order chi connectivity index (χ1) is 13.0. The number of nitrogens with zero attached hydrogens (tertiary/aromatic N) is 1. The van der Waals surface area contributed by atoms with Crippen molar-refractivity contribution in [1.29, 1.82) is 0 Å². The van der Waals surface area contributed by atoms with E-state index in [0.29, 0.717) is 12.8 Å². The Morgan fingerprint density at radius 1 is 1.26 bits per heavy atom. The summed E-state index contributed by atoms with van der Waals surface area (Å²) in [5.41, 5.74) is 0.837. The number of hydrogen-bond donors (Lipinski definition) is 1. The van der Waals surface area contributed by atoms with E-state index >= 15 is 0 Å². The highest BCUT2D eigenvalue weighted by Gasteiger charge is 2.47. The maximum Gasteiger partial charge on any atom is 0.329 e. The van der Waals surface area contributed by atoms with Gasteiger partial charge in [0.25, 0.3) is 0 Å². The first-order valence-corrected chi connectivity index (χ1v) is 8.84. The third-order valence-corrected chi connectivity index (χ3v) is 4.32. The molecule has 2 amide bonds. The molecular weight excluding hydrogens is 352 g/mol. The van der Waals surface area contributed by atoms with Gasteiger partial charge in [0.05, 0.1) is 13.5 Å². The number of carbonyl (C=O) groups is 4. The smallest absolute Gasteiger partial charge is 0.329 e. The van der Waals surface area contributed by atoms with Gasteiger partial charge in [-0.05, 0) is 12.0 Å². The number of nitrogens with one attached hydrogen (secondary N) is 1. The van der Waals surface area contributed by atoms with Gasteiger partial charge in [-0.15, -0.1) is 0 Å². The summed E-state index contributed by atoms with van der Waals surface area (Å²) in [4.78, 5) is 49.3. The van der Waals surface area contributed by atoms with Crippen molar-refractivity contribution in [2.45, 2.75) is 44.9 Å². The molecule has 146 valence electrons. The van der Waals surface area contributed by atoms with Crippen LogP contribution in [0.2, 0.25) is 0 Å². The Kier molecular flexibility index (Phi) is 7.34. The van der Waals surface area contributed by atoms with Gasteiger partial charge in [-0.3, -0.25) is 14.4 Å². The number of β-lactam (4-membered cyclic amide) rings is 1. The summed E-state index contributed by atoms with van der Waals surface area (Å²) in [5, 5.41) is 2.45. The number of amides is 2. The van der Waals surface area contributed by atoms with Gasteiger partial charge in [-0.25, -0.2) is 4.79 Å². The van der Waals surface area contributed by atoms with Gasteiger partial charge in [0.15, 0.2) is 0 Å². The van der Waals surface area contributed by atoms with E-state index in [2.05, 4.69) is 10.1 Å². The lowest BCUT2D eigenvalue weighted by molar-refractivity contribution is -0.172. The normalized spacial score (nSPS) is 16.9. The number of benzene rings is 1. The van der Waals surface area contributed by atoms with Crippen molar-refractivity contribution in [2.75, 3.05) is 13.7 Å². The van der Waals surface area contributed by atoms with Crippen molar-refractivity contribution >= 4 is 23.8 Å². The summed E-state index contributed by atoms with van der Waals surface area (Å²) in [5.74, 6) is -1.91. The molecule has 1 aromatic carbocycles. The number of esters is 2. The molecule has 2 atom stereocenters. The minimum Gasteiger partial charge on any atom is -0.468 e. The molecule has 0 spiro atoms. The van der Waals surface area contributed by atoms with Crippen LogP contribution in [0.5, 0.6) is 0 Å². The average Bonchev–Trinajstić information content (AvgIpc) is 2.68. The van der Waals surface area contributed by atoms with Crippen LogP contribution in [0.15, 0.2) is 30.3 Å². The van der Waals surface area contributed by atoms with Crippen LogP contribution in [-0.4, -0.2) is 54.4 Å². The number of hydrogen-bond acceptors (Lipinski definition) is 6. The first-order valence-electron chi connectivity index (χ1n) is 8.84. The topological polar surface area (TPSA) is 102 Å². The predicted molar refractivity (Wildman–Crippen MR) is 95.2 cm³/mol. The Bertz CT molecular complexity index is 691. The van der Waals surface area contributed by atoms with Crippen molar-refractivity contribution in [1.82, 2.24) is 10.2 Å². The molecule has 27 heavy (non-hydrogen) atoms. The molecule has 1 aromatic rings. The van der Waals surface area contributed by atoms with Gasteiger partial charge < -0.3 is 19.7 Å². The molecule has 0 saturated carbocycles. The van der Waals surface area contributed by atoms with Crippen molar-refractivity contribution < 1.29 is 28.7 Å². The van der Waals surface area contributed by atoms with E-state index in [1.807, 2.05) is 37.3 Å². The molecule has 8 nitrogen and oxygen atoms in total. The maximum absolute atomic E-state index is 12.4. The second kappa shape index (κ2) is 9.70. The number of carbonyl (C=O) groups excluding carboxylic acids is 4. The van der Waals surface area contributed by atoms with Crippen LogP contribution in [0, 0.1) is 0 Å². The van der Waals surface area contributed by atoms with Crippen LogP contribution < -0.4 is 5.32 Å². The van der Waals surface area contributed by atoms with Gasteiger partial charge in [0.2, 0.25) is 11.8 Å². The van der Waals surface area contributed by atoms with Gasteiger partial charge in [-0.2, -0.15) is 0 Å². The molecule has 0 bridgehead atoms. The lowest BCUT2D eigenvalue weighted by atomic mass is 9.95. The average molecular weight is 376 g/mol. The Hall–Kier alpha value is -2.90. The second-order valence-electron chi connectivity index (χ2n) is 6.21. The van der Waals surface area contributed by atoms with Crippen LogP contribution in [0.3, 0.4) is 0 Å². The summed E-state index contributed by atoms with van der Waals surface area (Å²) < 4.78 is 9.78. The zero-order chi connectivity index (χ0) is 19.8. The first kappa shape index (κ1) is 20.4. The molecule has 1 aliphatic rings. The fraction of sp³-hybridized carbons (Fsp3) is 0.474. The summed E-state index contributed by atoms with van der Waals surface area (Å²) in [6, 6.07) is 7.59. The standard InChI is InChI=1S/C19H24N2O6/c1-3-7-14(18(24)20-11-17(23)26-2)21-15(10-16(21)22)19(25)27-12-13-8-5-4-6-9-13/h4-6,8-9,14-15H,3,7,10-12H2,1-2H3,(H,20,24). The molecule has 1 N–H and O–H groups in total. The van der Waals surface area contributed by atoms with Crippen molar-refractivity contribution in [2.24, 2.45) is 0 Å². The van der Waals surface area contributed by atoms with Gasteiger partial charge >= 0.3 is 11.9 Å². The maximum atomic E-state index is 12.4. The van der Waals surface area contributed by atoms with Crippen LogP contribution in [0.25, 0.3) is 0 Å². The van der Waals surface area contributed by atoms with E-state index in [0.717, 1.165) is 5.56 Å². The molecule has 2 rings (SSSR count). The van der Waals surface area contributed by atoms with E-state index in [9.17, 15) is 19.2 Å². The molecule has 1 saturated heterocycles. The SMILES string of the molecule is CCCC(C(=O)NCC(=O)OC)N1C(=O)CC1C(=O)OCc1ccccc1. The Labute approximate surface area is 157 Å². The van der Waals surface area contributed by atoms with Crippen LogP contribution >= 0.6 is 0 Å². The molecule has 1 fully saturated rings. The molecule has 1 heterocycles. The number of likely N-dealkylation sites (tertiary alicyclic amines) is 1. The van der Waals surface area contributed by atoms with Gasteiger partial charge in [0, 0.05) is 0 Å². The number of rotatable bonds is 9. The van der Waals surface area contributed by atoms with E-state index in [4.69, 9.17) is 4.74 Å². The number of methoxy groups -OCH3 is 1. The predicted octanol–water partition coefficient (Wildman–Crippen LogP) is 0.789. The van der Waals surface area contributed by atoms with Gasteiger partial charge in [-0.1, -0.05) is 43.7 Å². The van der Waals surface area contributed by atoms with E-state index < -0.39 is 29.9 Å². The lowest BCUT2D eigenvalue weighted by Crippen LogP contribution is -2.64. The Balaban J connectivity index is 1.98. The largest absolute Gasteiger partial charge is 0.468 e. The third-order valence-electron chi connectivity index (χ3n) is 4.32. The highest BCUT2D eigenvalue weighted by molar-refractivity contribution is 5.99. The third kappa shape index (κ3) is 5.29. The zero-order valence-corrected chi connectivity index (χ0v) is 15.5. The zero-order valence-electron chi connectivity index (χ0n) is 15.5. The van der Waals surface area contributed by atoms with E-state index in [1.165, 1.54) is 12.0 Å². The van der Waals surface area contributed by atoms with E-state index in [1.54, 1.807) is 0 Å². The molecule has 1 aliphatic heterocycles. The van der Waals surface area contributed by atoms with Crippen LogP contribution in [0.4, 0.5) is 0 Å². The molecule has 0 aromatic heterocycles. The van der Waals surface area contributed by atoms with Gasteiger partial charge in [0.1, 0.15) is 25.2 Å². The Morgan fingerprint density at radius 2 is 1.96 bits per heavy atom. The lowest BCUT2D eigenvalue weighted by Gasteiger charge is -2.43. The minimum absolute atomic E-state index is 0.0120. The van der Waals surface area contributed by atoms with Crippen molar-refractivity contribution in [3.63, 3.8) is 0 Å². The monoisotopic (exact) mass is 376 g/mol. The fourth-order valence-electron chi connectivity index (χ4n) is 2.86. The summed E-state index contributed by atoms with van der Waals surface area (Å²) in [6.45, 7) is 1.68. The molecule has 2 unspecified atom stereocenters. The fourth-order valence-corrected chi connectivity index (χ4v) is 2.86. The molecule has 0 radical (unpaired) electrons. The minimum atomic E-state index is -0.824. The molecule has 8 heteroatoms. The number of ether oxygens (including phenoxy) is 2. The van der Waals surface area contributed by atoms with Crippen molar-refractivity contribution in [3.8, 4) is 0 Å². The van der Waals surface area contributed by atoms with Crippen LogP contribution in [0.1, 0.15) is 31.7 Å². The second-order valence-corrected chi connectivity index (χ2v) is 6.21. The summed E-state index contributed by atoms with van der Waals surface area (Å²) >= 11 is 0. The highest BCUT2D eigenvalue weighted by atomic mass is 16.5. The Morgan fingerprint density at radius 3 is 2.56 bits per heavy atom. The quantitative estimate of drug-likeness (QED) is 0.505. The molecular formula is C19H24N2O6. The summed E-state index contributed by atoms with van der Waals surface area (Å²) in [7, 11) is 1.22. The highest BCUT2D eigenvalue weighted by Crippen LogP contribution is 2.26. The van der Waals surface area contributed by atoms with E-state index in [-0.39, 0.29) is 25.5 Å².